The van der Waals surface area contributed by atoms with Crippen molar-refractivity contribution in [3.63, 3.8) is 0 Å². The monoisotopic (exact) mass is 267 g/mol. The van der Waals surface area contributed by atoms with Crippen LogP contribution in [0.4, 0.5) is 0 Å². The maximum absolute atomic E-state index is 11.1. The van der Waals surface area contributed by atoms with Gasteiger partial charge in [0.25, 0.3) is 0 Å². The van der Waals surface area contributed by atoms with Gasteiger partial charge in [0, 0.05) is 17.2 Å². The fourth-order valence-corrected chi connectivity index (χ4v) is 1.93. The fraction of sp³-hybridized carbons (Fsp3) is 0. The summed E-state index contributed by atoms with van der Waals surface area (Å²) >= 11 is 12.0. The number of carbonyl (C=O) groups excluding carboxylic acids is 1. The summed E-state index contributed by atoms with van der Waals surface area (Å²) in [6.07, 6.45) is 0.577. The fourth-order valence-electron chi connectivity index (χ4n) is 1.53. The highest BCUT2D eigenvalue weighted by Gasteiger charge is 2.11. The van der Waals surface area contributed by atoms with E-state index in [4.69, 9.17) is 23.2 Å². The zero-order valence-corrected chi connectivity index (χ0v) is 10.0. The molecule has 0 saturated carbocycles. The molecule has 2 rings (SSSR count). The van der Waals surface area contributed by atoms with Gasteiger partial charge in [-0.3, -0.25) is 9.59 Å². The van der Waals surface area contributed by atoms with Gasteiger partial charge < -0.3 is 4.98 Å². The van der Waals surface area contributed by atoms with E-state index in [9.17, 15) is 9.59 Å². The molecule has 0 bridgehead atoms. The lowest BCUT2D eigenvalue weighted by Crippen LogP contribution is -2.07. The van der Waals surface area contributed by atoms with Crippen LogP contribution < -0.4 is 5.56 Å². The molecule has 1 aromatic heterocycles. The Morgan fingerprint density at radius 3 is 2.53 bits per heavy atom. The van der Waals surface area contributed by atoms with Gasteiger partial charge in [-0.1, -0.05) is 35.3 Å². The van der Waals surface area contributed by atoms with Crippen LogP contribution in [-0.2, 0) is 0 Å². The maximum atomic E-state index is 11.1. The predicted molar refractivity (Wildman–Crippen MR) is 67.9 cm³/mol. The van der Waals surface area contributed by atoms with Gasteiger partial charge in [-0.15, -0.1) is 0 Å². The van der Waals surface area contributed by atoms with Crippen molar-refractivity contribution >= 4 is 29.5 Å². The third kappa shape index (κ3) is 2.25. The number of halogens is 2. The molecule has 0 atom stereocenters. The lowest BCUT2D eigenvalue weighted by molar-refractivity contribution is 0.111. The summed E-state index contributed by atoms with van der Waals surface area (Å²) in [4.78, 5) is 24.5. The van der Waals surface area contributed by atoms with Gasteiger partial charge in [-0.25, -0.2) is 0 Å². The topological polar surface area (TPSA) is 49.9 Å². The standard InChI is InChI=1S/C12H7Cl2NO2/c13-9-3-1-2-8(12(9)14)7-4-5-11(17)15-10(7)6-16/h1-6H,(H,15,17). The Hall–Kier alpha value is -1.58. The molecule has 0 aliphatic carbocycles. The number of aromatic nitrogens is 1. The molecule has 0 amide bonds. The van der Waals surface area contributed by atoms with E-state index < -0.39 is 0 Å². The summed E-state index contributed by atoms with van der Waals surface area (Å²) in [6.45, 7) is 0. The van der Waals surface area contributed by atoms with Crippen molar-refractivity contribution in [3.05, 3.63) is 56.4 Å². The van der Waals surface area contributed by atoms with E-state index in [1.807, 2.05) is 0 Å². The lowest BCUT2D eigenvalue weighted by Gasteiger charge is -2.07. The average Bonchev–Trinajstić information content (AvgIpc) is 2.33. The van der Waals surface area contributed by atoms with Gasteiger partial charge in [0.05, 0.1) is 15.7 Å². The van der Waals surface area contributed by atoms with Crippen LogP contribution >= 0.6 is 23.2 Å². The molecule has 86 valence electrons. The van der Waals surface area contributed by atoms with Crippen molar-refractivity contribution in [1.29, 1.82) is 0 Å². The van der Waals surface area contributed by atoms with E-state index in [1.54, 1.807) is 24.3 Å². The van der Waals surface area contributed by atoms with Crippen molar-refractivity contribution in [1.82, 2.24) is 4.98 Å². The molecule has 0 fully saturated rings. The molecule has 0 aliphatic rings. The van der Waals surface area contributed by atoms with Gasteiger partial charge in [0.2, 0.25) is 5.56 Å². The molecular weight excluding hydrogens is 261 g/mol. The SMILES string of the molecule is O=Cc1[nH]c(=O)ccc1-c1cccc(Cl)c1Cl. The molecule has 0 radical (unpaired) electrons. The van der Waals surface area contributed by atoms with Crippen LogP contribution in [-0.4, -0.2) is 11.3 Å². The smallest absolute Gasteiger partial charge is 0.248 e. The Balaban J connectivity index is 2.72. The third-order valence-corrected chi connectivity index (χ3v) is 3.13. The Kier molecular flexibility index (Phi) is 3.31. The van der Waals surface area contributed by atoms with Crippen LogP contribution in [0.15, 0.2) is 35.1 Å². The Morgan fingerprint density at radius 1 is 1.06 bits per heavy atom. The highest BCUT2D eigenvalue weighted by Crippen LogP contribution is 2.33. The minimum absolute atomic E-state index is 0.182. The van der Waals surface area contributed by atoms with E-state index >= 15 is 0 Å². The van der Waals surface area contributed by atoms with Crippen LogP contribution in [0.2, 0.25) is 10.0 Å². The number of hydrogen-bond donors (Lipinski definition) is 1. The van der Waals surface area contributed by atoms with Crippen LogP contribution in [0, 0.1) is 0 Å². The Labute approximate surface area is 107 Å². The first-order chi connectivity index (χ1) is 8.13. The van der Waals surface area contributed by atoms with Crippen LogP contribution in [0.25, 0.3) is 11.1 Å². The number of aromatic amines is 1. The van der Waals surface area contributed by atoms with Crippen molar-refractivity contribution in [2.24, 2.45) is 0 Å². The van der Waals surface area contributed by atoms with Crippen molar-refractivity contribution in [2.45, 2.75) is 0 Å². The van der Waals surface area contributed by atoms with E-state index in [0.717, 1.165) is 0 Å². The number of carbonyl (C=O) groups is 1. The Bertz CT molecular complexity index is 635. The Morgan fingerprint density at radius 2 is 1.82 bits per heavy atom. The molecule has 1 heterocycles. The molecule has 0 spiro atoms. The van der Waals surface area contributed by atoms with Crippen molar-refractivity contribution in [3.8, 4) is 11.1 Å². The minimum atomic E-state index is -0.339. The second-order valence-corrected chi connectivity index (χ2v) is 4.15. The number of H-pyrrole nitrogens is 1. The maximum Gasteiger partial charge on any atom is 0.248 e. The van der Waals surface area contributed by atoms with Gasteiger partial charge in [-0.05, 0) is 12.1 Å². The molecule has 1 N–H and O–H groups in total. The third-order valence-electron chi connectivity index (χ3n) is 2.31. The molecule has 5 heteroatoms. The number of aldehydes is 1. The predicted octanol–water partition coefficient (Wildman–Crippen LogP) is 3.16. The second kappa shape index (κ2) is 4.73. The lowest BCUT2D eigenvalue weighted by atomic mass is 10.0. The van der Waals surface area contributed by atoms with Crippen molar-refractivity contribution < 1.29 is 4.79 Å². The van der Waals surface area contributed by atoms with Crippen LogP contribution in [0.1, 0.15) is 10.5 Å². The first kappa shape index (κ1) is 11.9. The number of rotatable bonds is 2. The van der Waals surface area contributed by atoms with Crippen LogP contribution in [0.5, 0.6) is 0 Å². The van der Waals surface area contributed by atoms with Crippen LogP contribution in [0.3, 0.4) is 0 Å². The average molecular weight is 268 g/mol. The van der Waals surface area contributed by atoms with E-state index in [2.05, 4.69) is 4.98 Å². The summed E-state index contributed by atoms with van der Waals surface area (Å²) in [5.74, 6) is 0. The van der Waals surface area contributed by atoms with Gasteiger partial charge in [0.15, 0.2) is 6.29 Å². The number of hydrogen-bond acceptors (Lipinski definition) is 2. The quantitative estimate of drug-likeness (QED) is 0.850. The second-order valence-electron chi connectivity index (χ2n) is 3.37. The molecule has 0 unspecified atom stereocenters. The largest absolute Gasteiger partial charge is 0.319 e. The molecule has 3 nitrogen and oxygen atoms in total. The zero-order valence-electron chi connectivity index (χ0n) is 8.54. The number of benzene rings is 1. The van der Waals surface area contributed by atoms with E-state index in [1.165, 1.54) is 6.07 Å². The van der Waals surface area contributed by atoms with E-state index in [0.29, 0.717) is 27.5 Å². The number of nitrogens with one attached hydrogen (secondary N) is 1. The zero-order chi connectivity index (χ0) is 12.4. The highest BCUT2D eigenvalue weighted by atomic mass is 35.5. The molecule has 17 heavy (non-hydrogen) atoms. The molecule has 0 aliphatic heterocycles. The normalized spacial score (nSPS) is 10.2. The molecular formula is C12H7Cl2NO2. The molecule has 1 aromatic carbocycles. The van der Waals surface area contributed by atoms with Gasteiger partial charge in [-0.2, -0.15) is 0 Å². The summed E-state index contributed by atoms with van der Waals surface area (Å²) in [5, 5.41) is 0.747. The number of pyridine rings is 1. The summed E-state index contributed by atoms with van der Waals surface area (Å²) in [5.41, 5.74) is 1.00. The van der Waals surface area contributed by atoms with Gasteiger partial charge >= 0.3 is 0 Å². The van der Waals surface area contributed by atoms with E-state index in [-0.39, 0.29) is 11.3 Å². The summed E-state index contributed by atoms with van der Waals surface area (Å²) < 4.78 is 0. The minimum Gasteiger partial charge on any atom is -0.319 e. The summed E-state index contributed by atoms with van der Waals surface area (Å²) in [7, 11) is 0. The highest BCUT2D eigenvalue weighted by molar-refractivity contribution is 6.43. The first-order valence-electron chi connectivity index (χ1n) is 4.76. The first-order valence-corrected chi connectivity index (χ1v) is 5.52. The molecule has 2 aromatic rings. The van der Waals surface area contributed by atoms with Crippen molar-refractivity contribution in [2.75, 3.05) is 0 Å². The van der Waals surface area contributed by atoms with Gasteiger partial charge in [0.1, 0.15) is 0 Å². The molecule has 0 saturated heterocycles. The summed E-state index contributed by atoms with van der Waals surface area (Å²) in [6, 6.07) is 7.98.